The first-order valence-corrected chi connectivity index (χ1v) is 12.3. The van der Waals surface area contributed by atoms with Gasteiger partial charge in [-0.2, -0.15) is 0 Å². The second kappa shape index (κ2) is 9.05. The van der Waals surface area contributed by atoms with E-state index in [0.29, 0.717) is 23.6 Å². The molecule has 6 heteroatoms. The van der Waals surface area contributed by atoms with Crippen molar-refractivity contribution in [3.05, 3.63) is 53.9 Å². The van der Waals surface area contributed by atoms with E-state index in [1.165, 1.54) is 18.2 Å². The molecule has 1 aromatic carbocycles. The van der Waals surface area contributed by atoms with Crippen LogP contribution in [0.3, 0.4) is 0 Å². The number of carbonyl (C=O) groups excluding carboxylic acids is 2. The predicted molar refractivity (Wildman–Crippen MR) is 131 cm³/mol. The van der Waals surface area contributed by atoms with Crippen LogP contribution >= 0.6 is 0 Å². The Hall–Kier alpha value is -2.89. The molecule has 2 saturated carbocycles. The first kappa shape index (κ1) is 24.2. The summed E-state index contributed by atoms with van der Waals surface area (Å²) in [5, 5.41) is 23.1. The van der Waals surface area contributed by atoms with Crippen LogP contribution in [0.5, 0.6) is 11.5 Å². The van der Waals surface area contributed by atoms with Crippen molar-refractivity contribution in [1.82, 2.24) is 10.3 Å². The number of phenols is 2. The summed E-state index contributed by atoms with van der Waals surface area (Å²) in [6.45, 7) is 9.47. The summed E-state index contributed by atoms with van der Waals surface area (Å²) in [6, 6.07) is 7.64. The Morgan fingerprint density at radius 2 is 1.79 bits per heavy atom. The molecule has 4 unspecified atom stereocenters. The molecule has 0 spiro atoms. The van der Waals surface area contributed by atoms with Crippen LogP contribution in [0.4, 0.5) is 0 Å². The molecular formula is C28H36N2O4. The Bertz CT molecular complexity index is 1050. The maximum atomic E-state index is 14.0. The molecule has 1 aromatic heterocycles. The Morgan fingerprint density at radius 1 is 1.09 bits per heavy atom. The summed E-state index contributed by atoms with van der Waals surface area (Å²) >= 11 is 0. The molecule has 5 atom stereocenters. The van der Waals surface area contributed by atoms with Gasteiger partial charge in [-0.3, -0.25) is 14.6 Å². The highest BCUT2D eigenvalue weighted by molar-refractivity contribution is 5.99. The lowest BCUT2D eigenvalue weighted by molar-refractivity contribution is -0.101. The number of phenolic OH excluding ortho intramolecular Hbond substituents is 2. The Kier molecular flexibility index (Phi) is 6.45. The molecule has 34 heavy (non-hydrogen) atoms. The van der Waals surface area contributed by atoms with E-state index in [0.717, 1.165) is 25.7 Å². The summed E-state index contributed by atoms with van der Waals surface area (Å²) < 4.78 is 0. The first-order chi connectivity index (χ1) is 16.0. The van der Waals surface area contributed by atoms with Gasteiger partial charge in [-0.25, -0.2) is 0 Å². The van der Waals surface area contributed by atoms with Gasteiger partial charge in [-0.05, 0) is 72.1 Å². The normalized spacial score (nSPS) is 30.2. The third kappa shape index (κ3) is 4.42. The van der Waals surface area contributed by atoms with E-state index in [2.05, 4.69) is 38.0 Å². The molecule has 0 aliphatic heterocycles. The van der Waals surface area contributed by atoms with Gasteiger partial charge in [0.2, 0.25) is 0 Å². The van der Waals surface area contributed by atoms with E-state index < -0.39 is 0 Å². The molecule has 0 radical (unpaired) electrons. The fourth-order valence-corrected chi connectivity index (χ4v) is 7.06. The van der Waals surface area contributed by atoms with E-state index in [4.69, 9.17) is 0 Å². The number of rotatable bonds is 5. The standard InChI is InChI=1S/C28H36N2O4/c1-17-20(16-30-26(34)18-7-5-10-29-15-18)13-23-27(2,3)8-6-9-28(23,4)24(17)25(33)19-11-21(31)14-22(32)12-19/h5,7,10-12,14-15,17,20,23-24,31-32H,6,8-9,13,16H2,1-4H3,(H,30,34)/t17-,20?,23?,24?,28?/m1/s1. The number of ketones is 1. The third-order valence-corrected chi connectivity index (χ3v) is 8.71. The van der Waals surface area contributed by atoms with E-state index in [-0.39, 0.29) is 51.8 Å². The molecule has 1 heterocycles. The molecule has 4 rings (SSSR count). The monoisotopic (exact) mass is 464 g/mol. The Balaban J connectivity index is 1.66. The van der Waals surface area contributed by atoms with Gasteiger partial charge in [0.1, 0.15) is 11.5 Å². The van der Waals surface area contributed by atoms with Crippen molar-refractivity contribution < 1.29 is 19.8 Å². The lowest BCUT2D eigenvalue weighted by Gasteiger charge is -2.60. The number of aromatic hydroxyl groups is 2. The number of Topliss-reactive ketones (excluding diaryl/α,β-unsaturated/α-hetero) is 1. The Morgan fingerprint density at radius 3 is 2.44 bits per heavy atom. The van der Waals surface area contributed by atoms with Gasteiger partial charge < -0.3 is 15.5 Å². The lowest BCUT2D eigenvalue weighted by Crippen LogP contribution is -2.57. The molecular weight excluding hydrogens is 428 g/mol. The van der Waals surface area contributed by atoms with Gasteiger partial charge in [-0.15, -0.1) is 0 Å². The Labute approximate surface area is 201 Å². The van der Waals surface area contributed by atoms with E-state index in [1.54, 1.807) is 24.5 Å². The topological polar surface area (TPSA) is 99.5 Å². The number of nitrogens with one attached hydrogen (secondary N) is 1. The van der Waals surface area contributed by atoms with E-state index >= 15 is 0 Å². The fraction of sp³-hybridized carbons (Fsp3) is 0.536. The number of amides is 1. The van der Waals surface area contributed by atoms with Crippen LogP contribution in [0.25, 0.3) is 0 Å². The van der Waals surface area contributed by atoms with Crippen LogP contribution in [0.2, 0.25) is 0 Å². The SMILES string of the molecule is C[C@@H]1C(CNC(=O)c2cccnc2)CC2C(C)(C)CCCC2(C)C1C(=O)c1cc(O)cc(O)c1. The second-order valence-electron chi connectivity index (χ2n) is 11.3. The van der Waals surface area contributed by atoms with Crippen molar-refractivity contribution in [3.63, 3.8) is 0 Å². The largest absolute Gasteiger partial charge is 0.508 e. The molecule has 1 amide bonds. The van der Waals surface area contributed by atoms with Gasteiger partial charge in [0.15, 0.2) is 5.78 Å². The summed E-state index contributed by atoms with van der Waals surface area (Å²) in [5.74, 6) is -0.199. The van der Waals surface area contributed by atoms with Crippen LogP contribution < -0.4 is 5.32 Å². The van der Waals surface area contributed by atoms with Gasteiger partial charge in [-0.1, -0.05) is 34.1 Å². The zero-order valence-electron chi connectivity index (χ0n) is 20.5. The minimum Gasteiger partial charge on any atom is -0.508 e. The summed E-state index contributed by atoms with van der Waals surface area (Å²) in [6.07, 6.45) is 7.31. The lowest BCUT2D eigenvalue weighted by atomic mass is 9.44. The number of carbonyl (C=O) groups is 2. The average Bonchev–Trinajstić information content (AvgIpc) is 2.77. The van der Waals surface area contributed by atoms with Gasteiger partial charge in [0.25, 0.3) is 5.91 Å². The van der Waals surface area contributed by atoms with Crippen LogP contribution in [0.1, 0.15) is 74.1 Å². The molecule has 6 nitrogen and oxygen atoms in total. The van der Waals surface area contributed by atoms with Crippen molar-refractivity contribution in [2.24, 2.45) is 34.5 Å². The van der Waals surface area contributed by atoms with Crippen LogP contribution in [-0.2, 0) is 0 Å². The van der Waals surface area contributed by atoms with E-state index in [9.17, 15) is 19.8 Å². The molecule has 3 N–H and O–H groups in total. The van der Waals surface area contributed by atoms with Gasteiger partial charge in [0.05, 0.1) is 5.56 Å². The summed E-state index contributed by atoms with van der Waals surface area (Å²) in [7, 11) is 0. The zero-order chi connectivity index (χ0) is 24.7. The second-order valence-corrected chi connectivity index (χ2v) is 11.3. The zero-order valence-corrected chi connectivity index (χ0v) is 20.5. The third-order valence-electron chi connectivity index (χ3n) is 8.71. The highest BCUT2D eigenvalue weighted by Crippen LogP contribution is 2.62. The van der Waals surface area contributed by atoms with Crippen LogP contribution in [-0.4, -0.2) is 33.4 Å². The number of hydrogen-bond donors (Lipinski definition) is 3. The van der Waals surface area contributed by atoms with Gasteiger partial charge in [0, 0.05) is 36.5 Å². The maximum absolute atomic E-state index is 14.0. The average molecular weight is 465 g/mol. The summed E-state index contributed by atoms with van der Waals surface area (Å²) in [5.41, 5.74) is 0.760. The number of fused-ring (bicyclic) bond motifs is 1. The molecule has 2 fully saturated rings. The number of nitrogens with zero attached hydrogens (tertiary/aromatic N) is 1. The van der Waals surface area contributed by atoms with Crippen molar-refractivity contribution in [2.75, 3.05) is 6.54 Å². The molecule has 2 aliphatic carbocycles. The first-order valence-electron chi connectivity index (χ1n) is 12.3. The van der Waals surface area contributed by atoms with Crippen molar-refractivity contribution in [2.45, 2.75) is 53.4 Å². The number of hydrogen-bond acceptors (Lipinski definition) is 5. The number of aromatic nitrogens is 1. The quantitative estimate of drug-likeness (QED) is 0.528. The fourth-order valence-electron chi connectivity index (χ4n) is 7.06. The molecule has 0 saturated heterocycles. The van der Waals surface area contributed by atoms with E-state index in [1.807, 2.05) is 0 Å². The minimum atomic E-state index is -0.271. The van der Waals surface area contributed by atoms with Crippen molar-refractivity contribution >= 4 is 11.7 Å². The minimum absolute atomic E-state index is 0.0290. The summed E-state index contributed by atoms with van der Waals surface area (Å²) in [4.78, 5) is 30.7. The molecule has 2 aliphatic rings. The van der Waals surface area contributed by atoms with Crippen LogP contribution in [0, 0.1) is 34.5 Å². The smallest absolute Gasteiger partial charge is 0.252 e. The number of pyridine rings is 1. The predicted octanol–water partition coefficient (Wildman–Crippen LogP) is 5.21. The maximum Gasteiger partial charge on any atom is 0.252 e. The molecule has 0 bridgehead atoms. The highest BCUT2D eigenvalue weighted by atomic mass is 16.3. The van der Waals surface area contributed by atoms with Crippen molar-refractivity contribution in [1.29, 1.82) is 0 Å². The van der Waals surface area contributed by atoms with Crippen LogP contribution in [0.15, 0.2) is 42.7 Å². The number of benzene rings is 1. The molecule has 182 valence electrons. The molecule has 2 aromatic rings. The van der Waals surface area contributed by atoms with Crippen molar-refractivity contribution in [3.8, 4) is 11.5 Å². The van der Waals surface area contributed by atoms with Gasteiger partial charge >= 0.3 is 0 Å². The highest BCUT2D eigenvalue weighted by Gasteiger charge is 2.58.